The fourth-order valence-electron chi connectivity index (χ4n) is 2.84. The molecule has 0 aliphatic rings. The smallest absolute Gasteiger partial charge is 0.303 e. The molecule has 2 aromatic carbocycles. The minimum absolute atomic E-state index is 0.0167. The molecule has 158 valence electrons. The van der Waals surface area contributed by atoms with E-state index >= 15 is 0 Å². The SMILES string of the molecule is Cc1cc(S(=O)(=O)Nc2cccc(-c3nncn3C)c2)ccc1OCCCC(=O)O. The molecular weight excluding hydrogens is 408 g/mol. The Morgan fingerprint density at radius 3 is 2.70 bits per heavy atom. The summed E-state index contributed by atoms with van der Waals surface area (Å²) in [6, 6.07) is 11.4. The van der Waals surface area contributed by atoms with Gasteiger partial charge in [0.25, 0.3) is 10.0 Å². The van der Waals surface area contributed by atoms with Crippen molar-refractivity contribution in [3.63, 3.8) is 0 Å². The molecular formula is C20H22N4O5S. The summed E-state index contributed by atoms with van der Waals surface area (Å²) >= 11 is 0. The molecule has 0 saturated carbocycles. The fraction of sp³-hybridized carbons (Fsp3) is 0.250. The third kappa shape index (κ3) is 5.15. The highest BCUT2D eigenvalue weighted by Gasteiger charge is 2.17. The van der Waals surface area contributed by atoms with Gasteiger partial charge in [-0.25, -0.2) is 8.42 Å². The number of ether oxygens (including phenoxy) is 1. The quantitative estimate of drug-likeness (QED) is 0.500. The third-order valence-corrected chi connectivity index (χ3v) is 5.71. The van der Waals surface area contributed by atoms with Crippen LogP contribution in [0.1, 0.15) is 18.4 Å². The molecule has 1 aromatic heterocycles. The number of hydrogen-bond donors (Lipinski definition) is 2. The monoisotopic (exact) mass is 430 g/mol. The van der Waals surface area contributed by atoms with Crippen LogP contribution in [0.25, 0.3) is 11.4 Å². The maximum absolute atomic E-state index is 12.8. The first-order valence-corrected chi connectivity index (χ1v) is 10.7. The van der Waals surface area contributed by atoms with E-state index in [0.29, 0.717) is 29.2 Å². The largest absolute Gasteiger partial charge is 0.493 e. The van der Waals surface area contributed by atoms with Crippen molar-refractivity contribution in [2.75, 3.05) is 11.3 Å². The first kappa shape index (κ1) is 21.3. The highest BCUT2D eigenvalue weighted by atomic mass is 32.2. The summed E-state index contributed by atoms with van der Waals surface area (Å²) in [6.07, 6.45) is 1.96. The van der Waals surface area contributed by atoms with Gasteiger partial charge < -0.3 is 14.4 Å². The van der Waals surface area contributed by atoms with Crippen LogP contribution in [0.4, 0.5) is 5.69 Å². The number of aliphatic carboxylic acids is 1. The predicted molar refractivity (Wildman–Crippen MR) is 111 cm³/mol. The van der Waals surface area contributed by atoms with Gasteiger partial charge in [-0.05, 0) is 49.2 Å². The van der Waals surface area contributed by atoms with Gasteiger partial charge in [0.05, 0.1) is 11.5 Å². The number of benzene rings is 2. The van der Waals surface area contributed by atoms with Crippen LogP contribution in [0.5, 0.6) is 5.75 Å². The van der Waals surface area contributed by atoms with E-state index in [0.717, 1.165) is 5.56 Å². The number of aromatic nitrogens is 3. The molecule has 30 heavy (non-hydrogen) atoms. The average Bonchev–Trinajstić information content (AvgIpc) is 3.12. The predicted octanol–water partition coefficient (Wildman–Crippen LogP) is 2.83. The number of nitrogens with one attached hydrogen (secondary N) is 1. The number of carboxylic acid groups (broad SMARTS) is 1. The third-order valence-electron chi connectivity index (χ3n) is 4.33. The maximum Gasteiger partial charge on any atom is 0.303 e. The van der Waals surface area contributed by atoms with E-state index < -0.39 is 16.0 Å². The lowest BCUT2D eigenvalue weighted by Gasteiger charge is -2.12. The van der Waals surface area contributed by atoms with E-state index in [1.165, 1.54) is 12.1 Å². The Bertz CT molecular complexity index is 1160. The Hall–Kier alpha value is -3.40. The molecule has 0 fully saturated rings. The number of carboxylic acids is 1. The summed E-state index contributed by atoms with van der Waals surface area (Å²) in [7, 11) is -2.00. The molecule has 9 nitrogen and oxygen atoms in total. The Kier molecular flexibility index (Phi) is 6.36. The number of rotatable bonds is 9. The fourth-order valence-corrected chi connectivity index (χ4v) is 3.97. The molecule has 1 heterocycles. The minimum atomic E-state index is -3.81. The standard InChI is InChI=1S/C20H22N4O5S/c1-14-11-17(8-9-18(14)29-10-4-7-19(25)26)30(27,28)23-16-6-3-5-15(12-16)20-22-21-13-24(20)2/h3,5-6,8-9,11-13,23H,4,7,10H2,1-2H3,(H,25,26). The summed E-state index contributed by atoms with van der Waals surface area (Å²) in [5, 5.41) is 16.5. The van der Waals surface area contributed by atoms with Crippen LogP contribution in [0.2, 0.25) is 0 Å². The van der Waals surface area contributed by atoms with Crippen LogP contribution in [0.15, 0.2) is 53.7 Å². The van der Waals surface area contributed by atoms with Gasteiger partial charge in [0.15, 0.2) is 5.82 Å². The number of hydrogen-bond acceptors (Lipinski definition) is 6. The van der Waals surface area contributed by atoms with Crippen molar-refractivity contribution < 1.29 is 23.1 Å². The van der Waals surface area contributed by atoms with Gasteiger partial charge in [0, 0.05) is 24.7 Å². The molecule has 0 atom stereocenters. The van der Waals surface area contributed by atoms with E-state index in [-0.39, 0.29) is 17.9 Å². The zero-order valence-corrected chi connectivity index (χ0v) is 17.4. The zero-order valence-electron chi connectivity index (χ0n) is 16.6. The Morgan fingerprint density at radius 1 is 1.23 bits per heavy atom. The Morgan fingerprint density at radius 2 is 2.03 bits per heavy atom. The van der Waals surface area contributed by atoms with Crippen molar-refractivity contribution in [2.45, 2.75) is 24.7 Å². The van der Waals surface area contributed by atoms with Gasteiger partial charge in [-0.15, -0.1) is 10.2 Å². The molecule has 2 N–H and O–H groups in total. The maximum atomic E-state index is 12.8. The first-order valence-electron chi connectivity index (χ1n) is 9.19. The van der Waals surface area contributed by atoms with E-state index in [1.807, 2.05) is 6.07 Å². The second-order valence-corrected chi connectivity index (χ2v) is 8.41. The molecule has 0 saturated heterocycles. The van der Waals surface area contributed by atoms with Gasteiger partial charge in [-0.3, -0.25) is 9.52 Å². The minimum Gasteiger partial charge on any atom is -0.493 e. The van der Waals surface area contributed by atoms with E-state index in [1.54, 1.807) is 49.1 Å². The summed E-state index contributed by atoms with van der Waals surface area (Å²) in [5.74, 6) is 0.256. The van der Waals surface area contributed by atoms with Crippen LogP contribution in [0, 0.1) is 6.92 Å². The molecule has 0 amide bonds. The van der Waals surface area contributed by atoms with Crippen molar-refractivity contribution in [1.82, 2.24) is 14.8 Å². The highest BCUT2D eigenvalue weighted by Crippen LogP contribution is 2.25. The van der Waals surface area contributed by atoms with Crippen LogP contribution < -0.4 is 9.46 Å². The summed E-state index contributed by atoms with van der Waals surface area (Å²) in [6.45, 7) is 1.98. The lowest BCUT2D eigenvalue weighted by Crippen LogP contribution is -2.13. The molecule has 0 bridgehead atoms. The molecule has 0 radical (unpaired) electrons. The van der Waals surface area contributed by atoms with Gasteiger partial charge in [-0.1, -0.05) is 12.1 Å². The summed E-state index contributed by atoms with van der Waals surface area (Å²) < 4.78 is 35.5. The van der Waals surface area contributed by atoms with Crippen LogP contribution >= 0.6 is 0 Å². The number of carbonyl (C=O) groups is 1. The lowest BCUT2D eigenvalue weighted by molar-refractivity contribution is -0.137. The molecule has 3 rings (SSSR count). The summed E-state index contributed by atoms with van der Waals surface area (Å²) in [4.78, 5) is 10.6. The van der Waals surface area contributed by atoms with Crippen molar-refractivity contribution >= 4 is 21.7 Å². The van der Waals surface area contributed by atoms with Crippen molar-refractivity contribution in [2.24, 2.45) is 7.05 Å². The van der Waals surface area contributed by atoms with Crippen molar-refractivity contribution in [3.05, 3.63) is 54.4 Å². The molecule has 0 spiro atoms. The number of anilines is 1. The number of sulfonamides is 1. The van der Waals surface area contributed by atoms with Crippen molar-refractivity contribution in [3.8, 4) is 17.1 Å². The van der Waals surface area contributed by atoms with Crippen LogP contribution in [-0.4, -0.2) is 40.9 Å². The topological polar surface area (TPSA) is 123 Å². The first-order chi connectivity index (χ1) is 14.3. The van der Waals surface area contributed by atoms with E-state index in [4.69, 9.17) is 9.84 Å². The van der Waals surface area contributed by atoms with E-state index in [9.17, 15) is 13.2 Å². The molecule has 3 aromatic rings. The molecule has 10 heteroatoms. The second kappa shape index (κ2) is 8.95. The van der Waals surface area contributed by atoms with Gasteiger partial charge in [0.2, 0.25) is 0 Å². The van der Waals surface area contributed by atoms with E-state index in [2.05, 4.69) is 14.9 Å². The van der Waals surface area contributed by atoms with Crippen molar-refractivity contribution in [1.29, 1.82) is 0 Å². The Labute approximate surface area is 174 Å². The normalized spacial score (nSPS) is 11.3. The Balaban J connectivity index is 1.74. The number of aryl methyl sites for hydroxylation is 2. The van der Waals surface area contributed by atoms with Gasteiger partial charge >= 0.3 is 5.97 Å². The number of nitrogens with zero attached hydrogens (tertiary/aromatic N) is 3. The van der Waals surface area contributed by atoms with Crippen LogP contribution in [-0.2, 0) is 21.9 Å². The van der Waals surface area contributed by atoms with Gasteiger partial charge in [-0.2, -0.15) is 0 Å². The molecule has 0 unspecified atom stereocenters. The highest BCUT2D eigenvalue weighted by molar-refractivity contribution is 7.92. The second-order valence-electron chi connectivity index (χ2n) is 6.72. The average molecular weight is 430 g/mol. The van der Waals surface area contributed by atoms with Gasteiger partial charge in [0.1, 0.15) is 12.1 Å². The zero-order chi connectivity index (χ0) is 21.7. The van der Waals surface area contributed by atoms with Crippen LogP contribution in [0.3, 0.4) is 0 Å². The summed E-state index contributed by atoms with van der Waals surface area (Å²) in [5.41, 5.74) is 1.78. The molecule has 0 aliphatic carbocycles. The lowest BCUT2D eigenvalue weighted by atomic mass is 10.2. The molecule has 0 aliphatic heterocycles.